The molecule has 8 heteroatoms. The van der Waals surface area contributed by atoms with E-state index in [1.54, 1.807) is 35.2 Å². The number of nitrogens with zero attached hydrogens (tertiary/aromatic N) is 1. The van der Waals surface area contributed by atoms with Gasteiger partial charge in [0.2, 0.25) is 0 Å². The zero-order valence-electron chi connectivity index (χ0n) is 19.6. The summed E-state index contributed by atoms with van der Waals surface area (Å²) in [5.74, 6) is -0.387. The van der Waals surface area contributed by atoms with Crippen LogP contribution in [0.3, 0.4) is 0 Å². The first-order chi connectivity index (χ1) is 16.4. The smallest absolute Gasteiger partial charge is 0.416 e. The molecule has 5 nitrogen and oxygen atoms in total. The molecule has 4 rings (SSSR count). The van der Waals surface area contributed by atoms with Crippen LogP contribution in [0.15, 0.2) is 66.7 Å². The third kappa shape index (κ3) is 5.65. The number of nitrogens with one attached hydrogen (secondary N) is 1. The van der Waals surface area contributed by atoms with Gasteiger partial charge >= 0.3 is 12.3 Å². The summed E-state index contributed by atoms with van der Waals surface area (Å²) in [5, 5.41) is 2.86. The van der Waals surface area contributed by atoms with Crippen molar-refractivity contribution in [2.24, 2.45) is 0 Å². The Kier molecular flexibility index (Phi) is 6.32. The van der Waals surface area contributed by atoms with Crippen molar-refractivity contribution >= 4 is 17.7 Å². The Morgan fingerprint density at radius 3 is 2.20 bits per heavy atom. The highest BCUT2D eigenvalue weighted by Gasteiger charge is 2.30. The maximum absolute atomic E-state index is 13.1. The first kappa shape index (κ1) is 24.3. The number of rotatable bonds is 3. The van der Waals surface area contributed by atoms with Gasteiger partial charge in [-0.1, -0.05) is 36.4 Å². The lowest BCUT2D eigenvalue weighted by atomic mass is 9.98. The quantitative estimate of drug-likeness (QED) is 0.443. The van der Waals surface area contributed by atoms with Crippen molar-refractivity contribution in [2.45, 2.75) is 45.6 Å². The van der Waals surface area contributed by atoms with Crippen LogP contribution in [0.4, 0.5) is 23.7 Å². The minimum Gasteiger partial charge on any atom is -0.444 e. The number of hydrogen-bond donors (Lipinski definition) is 1. The number of benzene rings is 3. The van der Waals surface area contributed by atoms with Crippen LogP contribution in [0.25, 0.3) is 11.1 Å². The predicted octanol–water partition coefficient (Wildman–Crippen LogP) is 6.88. The lowest BCUT2D eigenvalue weighted by molar-refractivity contribution is -0.137. The van der Waals surface area contributed by atoms with Gasteiger partial charge in [0.25, 0.3) is 5.91 Å². The van der Waals surface area contributed by atoms with Gasteiger partial charge in [0.15, 0.2) is 0 Å². The maximum atomic E-state index is 13.1. The zero-order valence-corrected chi connectivity index (χ0v) is 19.6. The topological polar surface area (TPSA) is 58.6 Å². The average Bonchev–Trinajstić information content (AvgIpc) is 3.21. The molecule has 35 heavy (non-hydrogen) atoms. The van der Waals surface area contributed by atoms with Gasteiger partial charge in [0, 0.05) is 24.3 Å². The molecule has 0 bridgehead atoms. The number of carbonyl (C=O) groups excluding carboxylic acids is 2. The van der Waals surface area contributed by atoms with Crippen LogP contribution in [0.5, 0.6) is 0 Å². The van der Waals surface area contributed by atoms with Crippen LogP contribution in [0.1, 0.15) is 47.8 Å². The lowest BCUT2D eigenvalue weighted by Gasteiger charge is -2.24. The second-order valence-corrected chi connectivity index (χ2v) is 9.39. The number of alkyl halides is 3. The number of amides is 2. The summed E-state index contributed by atoms with van der Waals surface area (Å²) in [6.07, 6.45) is -4.83. The molecule has 1 heterocycles. The van der Waals surface area contributed by atoms with Crippen molar-refractivity contribution in [3.8, 4) is 11.1 Å². The van der Waals surface area contributed by atoms with Gasteiger partial charge < -0.3 is 10.1 Å². The van der Waals surface area contributed by atoms with Crippen LogP contribution < -0.4 is 5.32 Å². The number of anilines is 1. The molecule has 0 atom stereocenters. The van der Waals surface area contributed by atoms with Crippen molar-refractivity contribution in [2.75, 3.05) is 5.32 Å². The number of halogens is 3. The number of hydrogen-bond acceptors (Lipinski definition) is 3. The van der Waals surface area contributed by atoms with E-state index in [0.717, 1.165) is 23.3 Å². The van der Waals surface area contributed by atoms with Crippen molar-refractivity contribution in [3.63, 3.8) is 0 Å². The molecule has 0 spiro atoms. The summed E-state index contributed by atoms with van der Waals surface area (Å²) in [5.41, 5.74) is 2.46. The normalized spacial score (nSPS) is 13.4. The Morgan fingerprint density at radius 2 is 1.54 bits per heavy atom. The van der Waals surface area contributed by atoms with Crippen LogP contribution in [0, 0.1) is 0 Å². The molecule has 2 amide bonds. The molecule has 0 aliphatic carbocycles. The molecule has 1 N–H and O–H groups in total. The van der Waals surface area contributed by atoms with E-state index in [4.69, 9.17) is 4.74 Å². The maximum Gasteiger partial charge on any atom is 0.416 e. The van der Waals surface area contributed by atoms with Gasteiger partial charge in [-0.3, -0.25) is 9.69 Å². The van der Waals surface area contributed by atoms with E-state index in [-0.39, 0.29) is 5.91 Å². The molecule has 1 aliphatic rings. The van der Waals surface area contributed by atoms with Gasteiger partial charge in [0.1, 0.15) is 5.60 Å². The van der Waals surface area contributed by atoms with Gasteiger partial charge in [-0.2, -0.15) is 13.2 Å². The van der Waals surface area contributed by atoms with Crippen LogP contribution >= 0.6 is 0 Å². The van der Waals surface area contributed by atoms with Crippen LogP contribution in [-0.2, 0) is 24.0 Å². The van der Waals surface area contributed by atoms with Crippen molar-refractivity contribution < 1.29 is 27.5 Å². The van der Waals surface area contributed by atoms with Gasteiger partial charge in [-0.05, 0) is 73.4 Å². The second kappa shape index (κ2) is 9.09. The predicted molar refractivity (Wildman–Crippen MR) is 127 cm³/mol. The fraction of sp³-hybridized carbons (Fsp3) is 0.259. The van der Waals surface area contributed by atoms with E-state index in [1.165, 1.54) is 12.1 Å². The molecule has 0 aromatic heterocycles. The highest BCUT2D eigenvalue weighted by Crippen LogP contribution is 2.32. The lowest BCUT2D eigenvalue weighted by Crippen LogP contribution is -2.33. The van der Waals surface area contributed by atoms with Crippen molar-refractivity contribution in [3.05, 3.63) is 89.0 Å². The van der Waals surface area contributed by atoms with Crippen LogP contribution in [0.2, 0.25) is 0 Å². The SMILES string of the molecule is CC(C)(C)OC(=O)N1Cc2ccc(NC(=O)c3ccccc3-c3ccc(C(F)(F)F)cc3)cc2C1. The molecular weight excluding hydrogens is 457 g/mol. The Hall–Kier alpha value is -3.81. The van der Waals surface area contributed by atoms with Crippen LogP contribution in [-0.4, -0.2) is 22.5 Å². The van der Waals surface area contributed by atoms with E-state index in [0.29, 0.717) is 35.5 Å². The molecule has 3 aromatic carbocycles. The number of fused-ring (bicyclic) bond motifs is 1. The summed E-state index contributed by atoms with van der Waals surface area (Å²) in [7, 11) is 0. The Morgan fingerprint density at radius 1 is 0.886 bits per heavy atom. The minimum absolute atomic E-state index is 0.336. The largest absolute Gasteiger partial charge is 0.444 e. The van der Waals surface area contributed by atoms with Gasteiger partial charge in [-0.25, -0.2) is 4.79 Å². The summed E-state index contributed by atoms with van der Waals surface area (Å²) in [4.78, 5) is 27.1. The monoisotopic (exact) mass is 482 g/mol. The first-order valence-electron chi connectivity index (χ1n) is 11.1. The Labute approximate surface area is 201 Å². The summed E-state index contributed by atoms with van der Waals surface area (Å²) >= 11 is 0. The van der Waals surface area contributed by atoms with Crippen molar-refractivity contribution in [1.82, 2.24) is 4.90 Å². The van der Waals surface area contributed by atoms with Gasteiger partial charge in [0.05, 0.1) is 5.56 Å². The fourth-order valence-corrected chi connectivity index (χ4v) is 3.90. The highest BCUT2D eigenvalue weighted by atomic mass is 19.4. The van der Waals surface area contributed by atoms with Gasteiger partial charge in [-0.15, -0.1) is 0 Å². The molecule has 1 aliphatic heterocycles. The molecule has 0 radical (unpaired) electrons. The third-order valence-corrected chi connectivity index (χ3v) is 5.53. The molecular formula is C27H25F3N2O3. The Balaban J connectivity index is 1.51. The molecule has 0 saturated carbocycles. The van der Waals surface area contributed by atoms with E-state index < -0.39 is 23.4 Å². The average molecular weight is 483 g/mol. The van der Waals surface area contributed by atoms with E-state index in [1.807, 2.05) is 32.9 Å². The second-order valence-electron chi connectivity index (χ2n) is 9.39. The number of carbonyl (C=O) groups is 2. The molecule has 0 unspecified atom stereocenters. The minimum atomic E-state index is -4.43. The molecule has 0 fully saturated rings. The molecule has 182 valence electrons. The summed E-state index contributed by atoms with van der Waals surface area (Å²) < 4.78 is 44.2. The number of ether oxygens (including phenoxy) is 1. The highest BCUT2D eigenvalue weighted by molar-refractivity contribution is 6.08. The van der Waals surface area contributed by atoms with E-state index in [2.05, 4.69) is 5.32 Å². The third-order valence-electron chi connectivity index (χ3n) is 5.53. The molecule has 3 aromatic rings. The van der Waals surface area contributed by atoms with E-state index in [9.17, 15) is 22.8 Å². The standard InChI is InChI=1S/C27H25F3N2O3/c1-26(2,3)35-25(34)32-15-18-10-13-21(14-19(18)16-32)31-24(33)23-7-5-4-6-22(23)17-8-11-20(12-9-17)27(28,29)30/h4-14H,15-16H2,1-3H3,(H,31,33). The zero-order chi connectivity index (χ0) is 25.4. The first-order valence-corrected chi connectivity index (χ1v) is 11.1. The summed E-state index contributed by atoms with van der Waals surface area (Å²) in [6, 6.07) is 16.9. The van der Waals surface area contributed by atoms with E-state index >= 15 is 0 Å². The molecule has 0 saturated heterocycles. The fourth-order valence-electron chi connectivity index (χ4n) is 3.90. The summed E-state index contributed by atoms with van der Waals surface area (Å²) in [6.45, 7) is 6.23. The Bertz CT molecular complexity index is 1260. The van der Waals surface area contributed by atoms with Crippen molar-refractivity contribution in [1.29, 1.82) is 0 Å².